The Morgan fingerprint density at radius 1 is 1.21 bits per heavy atom. The summed E-state index contributed by atoms with van der Waals surface area (Å²) in [6, 6.07) is 4.09. The van der Waals surface area contributed by atoms with Crippen LogP contribution in [-0.4, -0.2) is 70.8 Å². The van der Waals surface area contributed by atoms with Crippen LogP contribution in [0.25, 0.3) is 0 Å². The van der Waals surface area contributed by atoms with Crippen LogP contribution in [-0.2, 0) is 30.9 Å². The lowest BCUT2D eigenvalue weighted by molar-refractivity contribution is -0.126. The summed E-state index contributed by atoms with van der Waals surface area (Å²) in [6.07, 6.45) is 2.85. The molecule has 39 heavy (non-hydrogen) atoms. The highest BCUT2D eigenvalue weighted by Gasteiger charge is 2.40. The maximum atomic E-state index is 13.3. The molecule has 218 valence electrons. The first-order chi connectivity index (χ1) is 18.3. The van der Waals surface area contributed by atoms with Crippen molar-refractivity contribution < 1.29 is 42.3 Å². The van der Waals surface area contributed by atoms with Crippen LogP contribution in [0.5, 0.6) is 5.75 Å². The molecule has 0 aromatic heterocycles. The molecule has 1 aromatic carbocycles. The van der Waals surface area contributed by atoms with Gasteiger partial charge in [-0.2, -0.15) is 8.42 Å². The predicted molar refractivity (Wildman–Crippen MR) is 141 cm³/mol. The molecule has 1 aliphatic heterocycles. The van der Waals surface area contributed by atoms with Gasteiger partial charge in [0.25, 0.3) is 10.1 Å². The fourth-order valence-electron chi connectivity index (χ4n) is 5.36. The van der Waals surface area contributed by atoms with Crippen LogP contribution in [0.2, 0.25) is 0 Å². The van der Waals surface area contributed by atoms with E-state index in [1.807, 2.05) is 19.9 Å². The number of nitrogens with one attached hydrogen (secondary N) is 3. The number of amides is 3. The summed E-state index contributed by atoms with van der Waals surface area (Å²) >= 11 is 0. The Bertz CT molecular complexity index is 1140. The number of carbonyl (C=O) groups excluding carboxylic acids is 3. The number of aliphatic hydroxyl groups excluding tert-OH is 1. The van der Waals surface area contributed by atoms with E-state index in [-0.39, 0.29) is 30.4 Å². The number of phenolic OH excluding ortho intramolecular Hbond substituents is 1. The predicted octanol–water partition coefficient (Wildman–Crippen LogP) is 1.61. The van der Waals surface area contributed by atoms with Crippen LogP contribution in [0.15, 0.2) is 24.3 Å². The SMILES string of the molecule is CC(C)C[C@H](NC(=O)OC1(Cc2cccc(O)c2)CCCC1)C(=O)N[C@@H](C[C@@H]1CCNC1=O)C(O)S(=O)(=O)O. The van der Waals surface area contributed by atoms with Crippen LogP contribution in [0.3, 0.4) is 0 Å². The van der Waals surface area contributed by atoms with E-state index in [0.717, 1.165) is 18.4 Å². The lowest BCUT2D eigenvalue weighted by Crippen LogP contribution is -2.55. The lowest BCUT2D eigenvalue weighted by atomic mass is 9.92. The molecule has 3 amide bonds. The maximum absolute atomic E-state index is 13.3. The van der Waals surface area contributed by atoms with Gasteiger partial charge in [-0.05, 0) is 68.6 Å². The third-order valence-corrected chi connectivity index (χ3v) is 8.19. The van der Waals surface area contributed by atoms with Crippen molar-refractivity contribution in [1.29, 1.82) is 0 Å². The number of hydrogen-bond acceptors (Lipinski definition) is 8. The summed E-state index contributed by atoms with van der Waals surface area (Å²) in [4.78, 5) is 38.3. The van der Waals surface area contributed by atoms with Gasteiger partial charge in [-0.1, -0.05) is 26.0 Å². The quantitative estimate of drug-likeness (QED) is 0.203. The number of aliphatic hydroxyl groups is 1. The van der Waals surface area contributed by atoms with E-state index in [4.69, 9.17) is 4.74 Å². The number of ether oxygens (including phenoxy) is 1. The Morgan fingerprint density at radius 3 is 2.46 bits per heavy atom. The fraction of sp³-hybridized carbons (Fsp3) is 0.654. The Labute approximate surface area is 228 Å². The molecule has 3 rings (SSSR count). The molecule has 13 heteroatoms. The second kappa shape index (κ2) is 13.0. The average Bonchev–Trinajstić information content (AvgIpc) is 3.45. The number of carbonyl (C=O) groups is 3. The molecule has 1 aliphatic carbocycles. The molecule has 0 bridgehead atoms. The Hall–Kier alpha value is -2.90. The van der Waals surface area contributed by atoms with Crippen LogP contribution >= 0.6 is 0 Å². The van der Waals surface area contributed by atoms with Crippen LogP contribution in [0.4, 0.5) is 4.79 Å². The van der Waals surface area contributed by atoms with E-state index in [2.05, 4.69) is 16.0 Å². The van der Waals surface area contributed by atoms with E-state index < -0.39 is 51.2 Å². The van der Waals surface area contributed by atoms with Gasteiger partial charge in [-0.25, -0.2) is 4.79 Å². The monoisotopic (exact) mass is 569 g/mol. The zero-order valence-electron chi connectivity index (χ0n) is 22.3. The molecule has 1 aromatic rings. The lowest BCUT2D eigenvalue weighted by Gasteiger charge is -2.31. The molecular weight excluding hydrogens is 530 g/mol. The van der Waals surface area contributed by atoms with Crippen LogP contribution < -0.4 is 16.0 Å². The van der Waals surface area contributed by atoms with Gasteiger partial charge < -0.3 is 30.9 Å². The van der Waals surface area contributed by atoms with Gasteiger partial charge in [0.15, 0.2) is 0 Å². The molecule has 2 aliphatic rings. The summed E-state index contributed by atoms with van der Waals surface area (Å²) < 4.78 is 38.7. The minimum absolute atomic E-state index is 0.0562. The van der Waals surface area contributed by atoms with E-state index in [1.54, 1.807) is 18.2 Å². The smallest absolute Gasteiger partial charge is 0.408 e. The molecular formula is C26H39N3O9S. The Morgan fingerprint density at radius 2 is 1.90 bits per heavy atom. The normalized spacial score (nSPS) is 21.2. The highest BCUT2D eigenvalue weighted by molar-refractivity contribution is 7.86. The van der Waals surface area contributed by atoms with Gasteiger partial charge in [0.05, 0.1) is 6.04 Å². The van der Waals surface area contributed by atoms with E-state index >= 15 is 0 Å². The van der Waals surface area contributed by atoms with E-state index in [1.165, 1.54) is 0 Å². The third kappa shape index (κ3) is 8.80. The second-order valence-electron chi connectivity index (χ2n) is 11.0. The summed E-state index contributed by atoms with van der Waals surface area (Å²) in [5.74, 6) is -1.73. The number of rotatable bonds is 12. The van der Waals surface area contributed by atoms with E-state index in [0.29, 0.717) is 32.2 Å². The molecule has 2 fully saturated rings. The van der Waals surface area contributed by atoms with Gasteiger partial charge >= 0.3 is 6.09 Å². The number of benzene rings is 1. The van der Waals surface area contributed by atoms with Crippen molar-refractivity contribution in [2.45, 2.75) is 88.3 Å². The molecule has 1 heterocycles. The number of aromatic hydroxyl groups is 1. The number of hydrogen-bond donors (Lipinski definition) is 6. The summed E-state index contributed by atoms with van der Waals surface area (Å²) in [6.45, 7) is 4.04. The van der Waals surface area contributed by atoms with Gasteiger partial charge in [-0.15, -0.1) is 0 Å². The first kappa shape index (κ1) is 30.6. The first-order valence-electron chi connectivity index (χ1n) is 13.3. The fourth-order valence-corrected chi connectivity index (χ4v) is 5.95. The zero-order chi connectivity index (χ0) is 28.8. The van der Waals surface area contributed by atoms with Crippen molar-refractivity contribution in [2.75, 3.05) is 6.54 Å². The van der Waals surface area contributed by atoms with Crippen LogP contribution in [0, 0.1) is 11.8 Å². The molecule has 1 saturated carbocycles. The second-order valence-corrected chi connectivity index (χ2v) is 12.5. The molecule has 1 saturated heterocycles. The minimum atomic E-state index is -4.96. The van der Waals surface area contributed by atoms with Crippen molar-refractivity contribution in [1.82, 2.24) is 16.0 Å². The molecule has 0 radical (unpaired) electrons. The molecule has 6 N–H and O–H groups in total. The summed E-state index contributed by atoms with van der Waals surface area (Å²) in [7, 11) is -4.96. The van der Waals surface area contributed by atoms with Crippen molar-refractivity contribution in [3.8, 4) is 5.75 Å². The van der Waals surface area contributed by atoms with Gasteiger partial charge in [0.2, 0.25) is 17.3 Å². The van der Waals surface area contributed by atoms with Crippen molar-refractivity contribution in [3.05, 3.63) is 29.8 Å². The molecule has 0 spiro atoms. The highest BCUT2D eigenvalue weighted by Crippen LogP contribution is 2.37. The van der Waals surface area contributed by atoms with Gasteiger partial charge in [0, 0.05) is 18.9 Å². The summed E-state index contributed by atoms with van der Waals surface area (Å²) in [5, 5.41) is 27.7. The Balaban J connectivity index is 1.73. The minimum Gasteiger partial charge on any atom is -0.508 e. The standard InChI is InChI=1S/C26H39N3O9S/c1-16(2)12-20(23(32)28-21(24(33)39(35,36)37)14-18-8-11-27-22(18)31)29-25(34)38-26(9-3-4-10-26)15-17-6-5-7-19(30)13-17/h5-7,13,16,18,20-21,24,30,33H,3-4,8-12,14-15H2,1-2H3,(H,27,31)(H,28,32)(H,29,34)(H,35,36,37)/t18-,20-,21-,24?/m0/s1. The molecule has 4 atom stereocenters. The number of phenols is 1. The largest absolute Gasteiger partial charge is 0.508 e. The topological polar surface area (TPSA) is 191 Å². The van der Waals surface area contributed by atoms with Crippen molar-refractivity contribution in [2.24, 2.45) is 11.8 Å². The highest BCUT2D eigenvalue weighted by atomic mass is 32.2. The number of alkyl carbamates (subject to hydrolysis) is 1. The Kier molecular flexibility index (Phi) is 10.2. The summed E-state index contributed by atoms with van der Waals surface area (Å²) in [5.41, 5.74) is -2.36. The maximum Gasteiger partial charge on any atom is 0.408 e. The third-order valence-electron chi connectivity index (χ3n) is 7.25. The average molecular weight is 570 g/mol. The van der Waals surface area contributed by atoms with Gasteiger partial charge in [-0.3, -0.25) is 14.1 Å². The van der Waals surface area contributed by atoms with E-state index in [9.17, 15) is 37.6 Å². The molecule has 12 nitrogen and oxygen atoms in total. The van der Waals surface area contributed by atoms with Crippen molar-refractivity contribution >= 4 is 28.0 Å². The van der Waals surface area contributed by atoms with Crippen LogP contribution in [0.1, 0.15) is 64.4 Å². The van der Waals surface area contributed by atoms with Gasteiger partial charge in [0.1, 0.15) is 17.4 Å². The first-order valence-corrected chi connectivity index (χ1v) is 14.8. The molecule has 1 unspecified atom stereocenters. The van der Waals surface area contributed by atoms with Crippen molar-refractivity contribution in [3.63, 3.8) is 0 Å². The zero-order valence-corrected chi connectivity index (χ0v) is 23.1.